The topological polar surface area (TPSA) is 146 Å². The summed E-state index contributed by atoms with van der Waals surface area (Å²) in [5.41, 5.74) is 1.75. The number of amides is 1. The molecule has 0 bridgehead atoms. The highest BCUT2D eigenvalue weighted by molar-refractivity contribution is 6.28. The number of nitro groups is 1. The number of carbonyl (C=O) groups excluding carboxylic acids is 4. The van der Waals surface area contributed by atoms with Crippen molar-refractivity contribution in [1.82, 2.24) is 0 Å². The number of nitrogens with one attached hydrogen (secondary N) is 1. The molecule has 10 heteroatoms. The molecule has 0 saturated carbocycles. The molecule has 1 aliphatic carbocycles. The number of benzene rings is 3. The van der Waals surface area contributed by atoms with E-state index >= 15 is 0 Å². The number of rotatable bonds is 6. The SMILES string of the molecule is O=C(COC(=O)c1ccc(-c2ccc([N+](=O)[O-])cc2)o1)Nc1ccc2c(c1)C(=O)c1ccccc1C2=O. The number of non-ortho nitro benzene ring substituents is 1. The van der Waals surface area contributed by atoms with Crippen molar-refractivity contribution in [2.45, 2.75) is 0 Å². The summed E-state index contributed by atoms with van der Waals surface area (Å²) < 4.78 is 10.5. The molecule has 0 fully saturated rings. The van der Waals surface area contributed by atoms with Crippen molar-refractivity contribution in [3.8, 4) is 11.3 Å². The first kappa shape index (κ1) is 23.4. The second kappa shape index (κ2) is 9.34. The number of anilines is 1. The zero-order chi connectivity index (χ0) is 26.1. The molecular formula is C27H16N2O8. The Kier molecular flexibility index (Phi) is 5.90. The highest BCUT2D eigenvalue weighted by atomic mass is 16.6. The maximum Gasteiger partial charge on any atom is 0.374 e. The second-order valence-corrected chi connectivity index (χ2v) is 8.06. The van der Waals surface area contributed by atoms with Gasteiger partial charge in [-0.05, 0) is 42.5 Å². The normalized spacial score (nSPS) is 11.9. The Balaban J connectivity index is 1.21. The second-order valence-electron chi connectivity index (χ2n) is 8.06. The van der Waals surface area contributed by atoms with Gasteiger partial charge in [0.25, 0.3) is 11.6 Å². The summed E-state index contributed by atoms with van der Waals surface area (Å²) in [6.45, 7) is -0.626. The largest absolute Gasteiger partial charge is 0.450 e. The van der Waals surface area contributed by atoms with Gasteiger partial charge in [0.2, 0.25) is 5.76 Å². The van der Waals surface area contributed by atoms with E-state index in [-0.39, 0.29) is 39.8 Å². The van der Waals surface area contributed by atoms with Gasteiger partial charge in [-0.1, -0.05) is 24.3 Å². The molecule has 182 valence electrons. The molecule has 1 N–H and O–H groups in total. The number of ether oxygens (including phenoxy) is 1. The van der Waals surface area contributed by atoms with Crippen molar-refractivity contribution in [2.24, 2.45) is 0 Å². The molecule has 5 rings (SSSR count). The highest BCUT2D eigenvalue weighted by Crippen LogP contribution is 2.29. The van der Waals surface area contributed by atoms with E-state index in [1.54, 1.807) is 24.3 Å². The summed E-state index contributed by atoms with van der Waals surface area (Å²) >= 11 is 0. The van der Waals surface area contributed by atoms with Crippen LogP contribution in [0, 0.1) is 10.1 Å². The van der Waals surface area contributed by atoms with Crippen LogP contribution in [0.1, 0.15) is 42.4 Å². The Morgan fingerprint density at radius 2 is 1.49 bits per heavy atom. The molecule has 0 unspecified atom stereocenters. The zero-order valence-electron chi connectivity index (χ0n) is 18.9. The van der Waals surface area contributed by atoms with Crippen molar-refractivity contribution < 1.29 is 33.3 Å². The van der Waals surface area contributed by atoms with Gasteiger partial charge in [0, 0.05) is 45.6 Å². The maximum atomic E-state index is 12.8. The van der Waals surface area contributed by atoms with Crippen LogP contribution in [0.3, 0.4) is 0 Å². The molecule has 1 amide bonds. The molecule has 1 aromatic heterocycles. The number of furan rings is 1. The van der Waals surface area contributed by atoms with Crippen LogP contribution in [-0.2, 0) is 9.53 Å². The van der Waals surface area contributed by atoms with E-state index in [9.17, 15) is 29.3 Å². The summed E-state index contributed by atoms with van der Waals surface area (Å²) in [6, 6.07) is 19.3. The van der Waals surface area contributed by atoms with E-state index in [1.165, 1.54) is 54.6 Å². The van der Waals surface area contributed by atoms with Gasteiger partial charge in [0.05, 0.1) is 4.92 Å². The lowest BCUT2D eigenvalue weighted by atomic mass is 9.84. The number of esters is 1. The van der Waals surface area contributed by atoms with Crippen molar-refractivity contribution in [2.75, 3.05) is 11.9 Å². The first-order chi connectivity index (χ1) is 17.8. The fourth-order valence-corrected chi connectivity index (χ4v) is 3.93. The van der Waals surface area contributed by atoms with Crippen LogP contribution in [-0.4, -0.2) is 35.0 Å². The molecule has 0 atom stereocenters. The molecule has 37 heavy (non-hydrogen) atoms. The molecule has 4 aromatic rings. The quantitative estimate of drug-likeness (QED) is 0.206. The molecule has 0 aliphatic heterocycles. The van der Waals surface area contributed by atoms with Crippen LogP contribution in [0.4, 0.5) is 11.4 Å². The number of hydrogen-bond acceptors (Lipinski definition) is 8. The van der Waals surface area contributed by atoms with Crippen molar-refractivity contribution in [3.05, 3.63) is 117 Å². The zero-order valence-corrected chi connectivity index (χ0v) is 18.9. The van der Waals surface area contributed by atoms with Crippen LogP contribution in [0.5, 0.6) is 0 Å². The molecular weight excluding hydrogens is 480 g/mol. The van der Waals surface area contributed by atoms with Gasteiger partial charge in [-0.3, -0.25) is 24.5 Å². The molecule has 0 spiro atoms. The Bertz CT molecular complexity index is 1600. The van der Waals surface area contributed by atoms with Crippen molar-refractivity contribution in [3.63, 3.8) is 0 Å². The predicted octanol–water partition coefficient (Wildman–Crippen LogP) is 4.43. The predicted molar refractivity (Wildman–Crippen MR) is 129 cm³/mol. The monoisotopic (exact) mass is 496 g/mol. The minimum Gasteiger partial charge on any atom is -0.450 e. The number of ketones is 2. The number of nitro benzene ring substituents is 1. The van der Waals surface area contributed by atoms with Crippen LogP contribution >= 0.6 is 0 Å². The molecule has 10 nitrogen and oxygen atoms in total. The van der Waals surface area contributed by atoms with E-state index < -0.39 is 23.4 Å². The smallest absolute Gasteiger partial charge is 0.374 e. The van der Waals surface area contributed by atoms with Gasteiger partial charge in [-0.2, -0.15) is 0 Å². The fraction of sp³-hybridized carbons (Fsp3) is 0.0370. The maximum absolute atomic E-state index is 12.8. The van der Waals surface area contributed by atoms with Gasteiger partial charge in [0.15, 0.2) is 18.2 Å². The number of fused-ring (bicyclic) bond motifs is 2. The number of carbonyl (C=O) groups is 4. The van der Waals surface area contributed by atoms with Crippen molar-refractivity contribution in [1.29, 1.82) is 0 Å². The first-order valence-corrected chi connectivity index (χ1v) is 11.0. The summed E-state index contributed by atoms with van der Waals surface area (Å²) in [5.74, 6) is -2.01. The van der Waals surface area contributed by atoms with Crippen LogP contribution < -0.4 is 5.32 Å². The summed E-state index contributed by atoms with van der Waals surface area (Å²) in [5, 5.41) is 13.3. The third-order valence-electron chi connectivity index (χ3n) is 5.71. The third-order valence-corrected chi connectivity index (χ3v) is 5.71. The Morgan fingerprint density at radius 3 is 2.16 bits per heavy atom. The number of hydrogen-bond donors (Lipinski definition) is 1. The lowest BCUT2D eigenvalue weighted by Gasteiger charge is -2.18. The molecule has 0 saturated heterocycles. The van der Waals surface area contributed by atoms with E-state index in [2.05, 4.69) is 5.32 Å². The summed E-state index contributed by atoms with van der Waals surface area (Å²) in [4.78, 5) is 60.5. The molecule has 3 aromatic carbocycles. The van der Waals surface area contributed by atoms with Gasteiger partial charge in [-0.15, -0.1) is 0 Å². The van der Waals surface area contributed by atoms with E-state index in [0.717, 1.165) is 0 Å². The summed E-state index contributed by atoms with van der Waals surface area (Å²) in [6.07, 6.45) is 0. The van der Waals surface area contributed by atoms with Gasteiger partial charge >= 0.3 is 5.97 Å². The van der Waals surface area contributed by atoms with Gasteiger partial charge in [0.1, 0.15) is 5.76 Å². The van der Waals surface area contributed by atoms with E-state index in [0.29, 0.717) is 22.5 Å². The molecule has 1 aliphatic rings. The van der Waals surface area contributed by atoms with Crippen LogP contribution in [0.25, 0.3) is 11.3 Å². The van der Waals surface area contributed by atoms with Crippen LogP contribution in [0.2, 0.25) is 0 Å². The standard InChI is InChI=1S/C27H16N2O8/c30-24(14-36-27(33)23-12-11-22(37-23)15-5-8-17(9-6-15)29(34)35)28-16-7-10-20-21(13-16)26(32)19-4-2-1-3-18(19)25(20)31/h1-13H,14H2,(H,28,30). The highest BCUT2D eigenvalue weighted by Gasteiger charge is 2.29. The fourth-order valence-electron chi connectivity index (χ4n) is 3.93. The van der Waals surface area contributed by atoms with Crippen LogP contribution in [0.15, 0.2) is 83.3 Å². The number of nitrogens with zero attached hydrogens (tertiary/aromatic N) is 1. The van der Waals surface area contributed by atoms with E-state index in [1.807, 2.05) is 0 Å². The molecule has 1 heterocycles. The minimum absolute atomic E-state index is 0.0827. The Labute approximate surface area is 208 Å². The average molecular weight is 496 g/mol. The summed E-state index contributed by atoms with van der Waals surface area (Å²) in [7, 11) is 0. The molecule has 0 radical (unpaired) electrons. The van der Waals surface area contributed by atoms with Crippen molar-refractivity contribution >= 4 is 34.8 Å². The Hall–Kier alpha value is -5.38. The lowest BCUT2D eigenvalue weighted by molar-refractivity contribution is -0.384. The van der Waals surface area contributed by atoms with E-state index in [4.69, 9.17) is 9.15 Å². The third kappa shape index (κ3) is 4.50. The lowest BCUT2D eigenvalue weighted by Crippen LogP contribution is -2.23. The van der Waals surface area contributed by atoms with Gasteiger partial charge < -0.3 is 14.5 Å². The first-order valence-electron chi connectivity index (χ1n) is 11.0. The Morgan fingerprint density at radius 1 is 0.838 bits per heavy atom. The minimum atomic E-state index is -0.883. The average Bonchev–Trinajstić information content (AvgIpc) is 3.41. The van der Waals surface area contributed by atoms with Gasteiger partial charge in [-0.25, -0.2) is 4.79 Å².